The van der Waals surface area contributed by atoms with E-state index in [0.29, 0.717) is 22.3 Å². The Morgan fingerprint density at radius 2 is 1.88 bits per heavy atom. The van der Waals surface area contributed by atoms with E-state index in [0.717, 1.165) is 5.69 Å². The normalized spacial score (nSPS) is 10.3. The van der Waals surface area contributed by atoms with Crippen molar-refractivity contribution in [2.75, 3.05) is 5.32 Å². The quantitative estimate of drug-likeness (QED) is 0.709. The molecule has 0 atom stereocenters. The van der Waals surface area contributed by atoms with Crippen LogP contribution >= 0.6 is 23.2 Å². The van der Waals surface area contributed by atoms with Crippen LogP contribution in [-0.2, 0) is 6.54 Å². The fourth-order valence-electron chi connectivity index (χ4n) is 2.03. The van der Waals surface area contributed by atoms with E-state index in [1.807, 2.05) is 18.2 Å². The first kappa shape index (κ1) is 17.1. The Hall–Kier alpha value is -2.70. The van der Waals surface area contributed by atoms with Gasteiger partial charge in [0.25, 0.3) is 5.91 Å². The van der Waals surface area contributed by atoms with Gasteiger partial charge in [-0.3, -0.25) is 9.78 Å². The molecule has 0 saturated carbocycles. The van der Waals surface area contributed by atoms with Gasteiger partial charge in [-0.15, -0.1) is 0 Å². The summed E-state index contributed by atoms with van der Waals surface area (Å²) in [7, 11) is 0. The molecular formula is C17H13Cl2N5O. The van der Waals surface area contributed by atoms with Crippen LogP contribution in [0.3, 0.4) is 0 Å². The van der Waals surface area contributed by atoms with Crippen LogP contribution in [0.15, 0.2) is 54.9 Å². The summed E-state index contributed by atoms with van der Waals surface area (Å²) in [6, 6.07) is 12.2. The molecule has 25 heavy (non-hydrogen) atoms. The number of benzene rings is 1. The summed E-state index contributed by atoms with van der Waals surface area (Å²) in [4.78, 5) is 24.7. The molecule has 2 heterocycles. The van der Waals surface area contributed by atoms with Crippen molar-refractivity contribution in [2.45, 2.75) is 6.54 Å². The van der Waals surface area contributed by atoms with Crippen LogP contribution in [0, 0.1) is 0 Å². The summed E-state index contributed by atoms with van der Waals surface area (Å²) in [6.45, 7) is 0.312. The van der Waals surface area contributed by atoms with Crippen molar-refractivity contribution in [3.8, 4) is 0 Å². The zero-order valence-corrected chi connectivity index (χ0v) is 14.4. The molecular weight excluding hydrogens is 361 g/mol. The second-order valence-electron chi connectivity index (χ2n) is 5.00. The SMILES string of the molecule is O=C(NCc1ccccn1)c1ccnc(Nc2cccc(Cl)c2Cl)n1. The van der Waals surface area contributed by atoms with Crippen molar-refractivity contribution in [1.82, 2.24) is 20.3 Å². The van der Waals surface area contributed by atoms with E-state index in [9.17, 15) is 4.79 Å². The Bertz CT molecular complexity index is 889. The Morgan fingerprint density at radius 1 is 1.00 bits per heavy atom. The van der Waals surface area contributed by atoms with Crippen LogP contribution in [0.1, 0.15) is 16.2 Å². The van der Waals surface area contributed by atoms with E-state index in [1.54, 1.807) is 24.4 Å². The third kappa shape index (κ3) is 4.43. The third-order valence-corrected chi connectivity index (χ3v) is 4.06. The first-order valence-corrected chi connectivity index (χ1v) is 8.11. The van der Waals surface area contributed by atoms with Crippen LogP contribution in [-0.4, -0.2) is 20.9 Å². The first-order chi connectivity index (χ1) is 12.1. The number of rotatable bonds is 5. The highest BCUT2D eigenvalue weighted by atomic mass is 35.5. The van der Waals surface area contributed by atoms with E-state index in [1.165, 1.54) is 12.3 Å². The number of halogens is 2. The maximum absolute atomic E-state index is 12.2. The standard InChI is InChI=1S/C17H13Cl2N5O/c18-12-5-3-6-13(15(12)19)23-17-21-9-7-14(24-17)16(25)22-10-11-4-1-2-8-20-11/h1-9H,10H2,(H,22,25)(H,21,23,24). The van der Waals surface area contributed by atoms with E-state index in [2.05, 4.69) is 25.6 Å². The Morgan fingerprint density at radius 3 is 2.68 bits per heavy atom. The minimum absolute atomic E-state index is 0.228. The summed E-state index contributed by atoms with van der Waals surface area (Å²) in [6.07, 6.45) is 3.16. The molecule has 3 aromatic rings. The van der Waals surface area contributed by atoms with Gasteiger partial charge in [-0.25, -0.2) is 9.97 Å². The summed E-state index contributed by atoms with van der Waals surface area (Å²) in [5.41, 5.74) is 1.54. The Kier molecular flexibility index (Phi) is 5.42. The number of anilines is 2. The molecule has 0 unspecified atom stereocenters. The lowest BCUT2D eigenvalue weighted by molar-refractivity contribution is 0.0945. The molecule has 0 radical (unpaired) electrons. The summed E-state index contributed by atoms with van der Waals surface area (Å²) >= 11 is 12.1. The van der Waals surface area contributed by atoms with Crippen molar-refractivity contribution in [3.63, 3.8) is 0 Å². The number of nitrogens with zero attached hydrogens (tertiary/aromatic N) is 3. The lowest BCUT2D eigenvalue weighted by Gasteiger charge is -2.09. The molecule has 1 aromatic carbocycles. The van der Waals surface area contributed by atoms with Crippen LogP contribution in [0.2, 0.25) is 10.0 Å². The summed E-state index contributed by atoms with van der Waals surface area (Å²) in [5.74, 6) is -0.0806. The van der Waals surface area contributed by atoms with Crippen LogP contribution in [0.4, 0.5) is 11.6 Å². The summed E-state index contributed by atoms with van der Waals surface area (Å²) in [5, 5.41) is 6.48. The number of hydrogen-bond donors (Lipinski definition) is 2. The van der Waals surface area contributed by atoms with Gasteiger partial charge >= 0.3 is 0 Å². The van der Waals surface area contributed by atoms with Crippen molar-refractivity contribution in [3.05, 3.63) is 76.3 Å². The van der Waals surface area contributed by atoms with Crippen molar-refractivity contribution < 1.29 is 4.79 Å². The van der Waals surface area contributed by atoms with Gasteiger partial charge in [-0.1, -0.05) is 35.3 Å². The molecule has 0 bridgehead atoms. The fraction of sp³-hybridized carbons (Fsp3) is 0.0588. The number of amides is 1. The molecule has 0 aliphatic carbocycles. The van der Waals surface area contributed by atoms with Gasteiger partial charge in [-0.2, -0.15) is 0 Å². The average molecular weight is 374 g/mol. The average Bonchev–Trinajstić information content (AvgIpc) is 2.64. The molecule has 2 N–H and O–H groups in total. The van der Waals surface area contributed by atoms with Crippen LogP contribution in [0.25, 0.3) is 0 Å². The fourth-order valence-corrected chi connectivity index (χ4v) is 2.38. The van der Waals surface area contributed by atoms with Crippen molar-refractivity contribution in [1.29, 1.82) is 0 Å². The predicted molar refractivity (Wildman–Crippen MR) is 97.2 cm³/mol. The lowest BCUT2D eigenvalue weighted by Crippen LogP contribution is -2.24. The molecule has 0 saturated heterocycles. The summed E-state index contributed by atoms with van der Waals surface area (Å²) < 4.78 is 0. The largest absolute Gasteiger partial charge is 0.345 e. The first-order valence-electron chi connectivity index (χ1n) is 7.35. The number of carbonyl (C=O) groups is 1. The number of pyridine rings is 1. The zero-order valence-electron chi connectivity index (χ0n) is 12.9. The second kappa shape index (κ2) is 7.92. The molecule has 8 heteroatoms. The number of hydrogen-bond acceptors (Lipinski definition) is 5. The highest BCUT2D eigenvalue weighted by Crippen LogP contribution is 2.30. The van der Waals surface area contributed by atoms with Gasteiger partial charge < -0.3 is 10.6 Å². The van der Waals surface area contributed by atoms with Crippen LogP contribution < -0.4 is 10.6 Å². The van der Waals surface area contributed by atoms with E-state index >= 15 is 0 Å². The van der Waals surface area contributed by atoms with Gasteiger partial charge in [0.2, 0.25) is 5.95 Å². The van der Waals surface area contributed by atoms with Crippen molar-refractivity contribution in [2.24, 2.45) is 0 Å². The molecule has 0 aliphatic heterocycles. The van der Waals surface area contributed by atoms with Gasteiger partial charge in [0, 0.05) is 12.4 Å². The monoisotopic (exact) mass is 373 g/mol. The van der Waals surface area contributed by atoms with Gasteiger partial charge in [0.15, 0.2) is 0 Å². The number of nitrogens with one attached hydrogen (secondary N) is 2. The third-order valence-electron chi connectivity index (χ3n) is 3.24. The van der Waals surface area contributed by atoms with Gasteiger partial charge in [0.05, 0.1) is 28.0 Å². The molecule has 1 amide bonds. The van der Waals surface area contributed by atoms with Gasteiger partial charge in [-0.05, 0) is 30.3 Å². The number of aromatic nitrogens is 3. The smallest absolute Gasteiger partial charge is 0.270 e. The predicted octanol–water partition coefficient (Wildman–Crippen LogP) is 3.85. The maximum atomic E-state index is 12.2. The second-order valence-corrected chi connectivity index (χ2v) is 5.78. The lowest BCUT2D eigenvalue weighted by atomic mass is 10.3. The molecule has 0 aliphatic rings. The molecule has 6 nitrogen and oxygen atoms in total. The molecule has 2 aromatic heterocycles. The molecule has 0 fully saturated rings. The Labute approximate surface area is 154 Å². The number of carbonyl (C=O) groups excluding carboxylic acids is 1. The Balaban J connectivity index is 1.70. The van der Waals surface area contributed by atoms with Crippen LogP contribution in [0.5, 0.6) is 0 Å². The zero-order chi connectivity index (χ0) is 17.6. The van der Waals surface area contributed by atoms with Crippen molar-refractivity contribution >= 4 is 40.7 Å². The minimum Gasteiger partial charge on any atom is -0.345 e. The molecule has 126 valence electrons. The van der Waals surface area contributed by atoms with E-state index in [4.69, 9.17) is 23.2 Å². The van der Waals surface area contributed by atoms with E-state index in [-0.39, 0.29) is 17.5 Å². The molecule has 3 rings (SSSR count). The maximum Gasteiger partial charge on any atom is 0.270 e. The topological polar surface area (TPSA) is 79.8 Å². The highest BCUT2D eigenvalue weighted by Gasteiger charge is 2.10. The minimum atomic E-state index is -0.326. The molecule has 0 spiro atoms. The van der Waals surface area contributed by atoms with Gasteiger partial charge in [0.1, 0.15) is 5.69 Å². The van der Waals surface area contributed by atoms with E-state index < -0.39 is 0 Å². The highest BCUT2D eigenvalue weighted by molar-refractivity contribution is 6.43.